The van der Waals surface area contributed by atoms with Gasteiger partial charge in [-0.15, -0.1) is 11.3 Å². The number of aryl methyl sites for hydroxylation is 1. The maximum absolute atomic E-state index is 13.4. The molecule has 0 bridgehead atoms. The quantitative estimate of drug-likeness (QED) is 0.256. The van der Waals surface area contributed by atoms with E-state index >= 15 is 0 Å². The Balaban J connectivity index is 1.59. The Bertz CT molecular complexity index is 1210. The number of hydrogen-bond acceptors (Lipinski definition) is 8. The first-order valence-corrected chi connectivity index (χ1v) is 14.9. The van der Waals surface area contributed by atoms with Gasteiger partial charge >= 0.3 is 5.97 Å². The first-order chi connectivity index (χ1) is 18.8. The summed E-state index contributed by atoms with van der Waals surface area (Å²) in [6.07, 6.45) is 4.97. The highest BCUT2D eigenvalue weighted by Crippen LogP contribution is 2.45. The summed E-state index contributed by atoms with van der Waals surface area (Å²) in [6, 6.07) is 3.97. The molecular formula is C30H41N3O5S. The van der Waals surface area contributed by atoms with Crippen molar-refractivity contribution in [2.45, 2.75) is 77.9 Å². The Labute approximate surface area is 235 Å². The minimum absolute atomic E-state index is 0.00522. The number of ether oxygens (including phenoxy) is 3. The van der Waals surface area contributed by atoms with E-state index < -0.39 is 11.8 Å². The Hall–Kier alpha value is -2.78. The van der Waals surface area contributed by atoms with Crippen LogP contribution >= 0.6 is 11.3 Å². The van der Waals surface area contributed by atoms with Gasteiger partial charge in [0.2, 0.25) is 5.91 Å². The number of benzene rings is 1. The van der Waals surface area contributed by atoms with Crippen molar-refractivity contribution in [3.05, 3.63) is 39.3 Å². The lowest BCUT2D eigenvalue weighted by molar-refractivity contribution is -0.151. The summed E-state index contributed by atoms with van der Waals surface area (Å²) in [6.45, 7) is 6.93. The van der Waals surface area contributed by atoms with Crippen LogP contribution in [0.2, 0.25) is 0 Å². The number of methoxy groups -OCH3 is 2. The van der Waals surface area contributed by atoms with Crippen molar-refractivity contribution in [3.63, 3.8) is 0 Å². The molecule has 1 saturated carbocycles. The molecule has 0 radical (unpaired) electrons. The number of aromatic nitrogens is 1. The van der Waals surface area contributed by atoms with Crippen LogP contribution in [0, 0.1) is 18.8 Å². The minimum Gasteiger partial charge on any atom is -0.496 e. The maximum atomic E-state index is 13.4. The van der Waals surface area contributed by atoms with Crippen molar-refractivity contribution in [1.29, 1.82) is 0 Å². The van der Waals surface area contributed by atoms with Gasteiger partial charge in [-0.25, -0.2) is 9.98 Å². The van der Waals surface area contributed by atoms with Crippen LogP contribution in [0.3, 0.4) is 0 Å². The van der Waals surface area contributed by atoms with Crippen LogP contribution in [0.25, 0.3) is 0 Å². The van der Waals surface area contributed by atoms with E-state index in [1.165, 1.54) is 7.11 Å². The molecule has 1 aliphatic carbocycles. The van der Waals surface area contributed by atoms with Gasteiger partial charge in [0.15, 0.2) is 0 Å². The molecule has 2 aliphatic rings. The van der Waals surface area contributed by atoms with Crippen molar-refractivity contribution >= 4 is 34.6 Å². The third-order valence-electron chi connectivity index (χ3n) is 7.94. The molecule has 2 heterocycles. The predicted molar refractivity (Wildman–Crippen MR) is 153 cm³/mol. The van der Waals surface area contributed by atoms with Crippen LogP contribution in [-0.4, -0.2) is 61.4 Å². The first-order valence-electron chi connectivity index (χ1n) is 14.0. The Kier molecular flexibility index (Phi) is 9.77. The van der Waals surface area contributed by atoms with Gasteiger partial charge in [-0.1, -0.05) is 32.8 Å². The van der Waals surface area contributed by atoms with Crippen LogP contribution in [0.5, 0.6) is 5.75 Å². The van der Waals surface area contributed by atoms with E-state index in [1.54, 1.807) is 23.3 Å². The van der Waals surface area contributed by atoms with Crippen molar-refractivity contribution in [1.82, 2.24) is 9.88 Å². The lowest BCUT2D eigenvalue weighted by Gasteiger charge is -2.29. The summed E-state index contributed by atoms with van der Waals surface area (Å²) in [7, 11) is 4.87. The van der Waals surface area contributed by atoms with E-state index in [1.807, 2.05) is 26.1 Å². The number of esters is 1. The zero-order valence-corrected chi connectivity index (χ0v) is 24.8. The van der Waals surface area contributed by atoms with Gasteiger partial charge in [-0.2, -0.15) is 0 Å². The molecule has 2 aromatic rings. The number of carbonyl (C=O) groups is 2. The highest BCUT2D eigenvalue weighted by Gasteiger charge is 2.46. The molecule has 212 valence electrons. The summed E-state index contributed by atoms with van der Waals surface area (Å²) in [4.78, 5) is 37.7. The number of unbranched alkanes of at least 4 members (excludes halogenated alkanes) is 2. The molecule has 1 aromatic carbocycles. The summed E-state index contributed by atoms with van der Waals surface area (Å²) in [5, 5.41) is 2.97. The van der Waals surface area contributed by atoms with Crippen LogP contribution < -0.4 is 4.74 Å². The van der Waals surface area contributed by atoms with Gasteiger partial charge in [0.25, 0.3) is 0 Å². The zero-order valence-electron chi connectivity index (χ0n) is 24.0. The van der Waals surface area contributed by atoms with E-state index in [2.05, 4.69) is 19.2 Å². The third-order valence-corrected chi connectivity index (χ3v) is 8.88. The normalized spacial score (nSPS) is 22.3. The number of nitrogens with zero attached hydrogens (tertiary/aromatic N) is 3. The number of fused-ring (bicyclic) bond motifs is 1. The number of hydrogen-bond donors (Lipinski definition) is 0. The number of amides is 1. The van der Waals surface area contributed by atoms with Gasteiger partial charge < -0.3 is 19.1 Å². The summed E-state index contributed by atoms with van der Waals surface area (Å²) in [5.41, 5.74) is 4.72. The van der Waals surface area contributed by atoms with Crippen LogP contribution in [-0.2, 0) is 25.5 Å². The highest BCUT2D eigenvalue weighted by molar-refractivity contribution is 7.11. The summed E-state index contributed by atoms with van der Waals surface area (Å²) < 4.78 is 17.4. The summed E-state index contributed by atoms with van der Waals surface area (Å²) >= 11 is 1.60. The molecule has 4 atom stereocenters. The second-order valence-electron chi connectivity index (χ2n) is 10.5. The molecule has 3 unspecified atom stereocenters. The van der Waals surface area contributed by atoms with E-state index in [0.717, 1.165) is 64.7 Å². The molecule has 1 amide bonds. The maximum Gasteiger partial charge on any atom is 0.309 e. The molecule has 8 nitrogen and oxygen atoms in total. The summed E-state index contributed by atoms with van der Waals surface area (Å²) in [5.74, 6) is -0.540. The van der Waals surface area contributed by atoms with Gasteiger partial charge in [0, 0.05) is 36.5 Å². The van der Waals surface area contributed by atoms with Crippen molar-refractivity contribution in [2.24, 2.45) is 16.8 Å². The molecule has 1 fully saturated rings. The zero-order chi connectivity index (χ0) is 28.1. The van der Waals surface area contributed by atoms with Gasteiger partial charge in [-0.05, 0) is 38.7 Å². The molecule has 1 aromatic heterocycles. The monoisotopic (exact) mass is 555 g/mol. The first kappa shape index (κ1) is 29.2. The van der Waals surface area contributed by atoms with Gasteiger partial charge in [0.05, 0.1) is 55.4 Å². The lowest BCUT2D eigenvalue weighted by Crippen LogP contribution is -2.37. The topological polar surface area (TPSA) is 90.3 Å². The average molecular weight is 556 g/mol. The average Bonchev–Trinajstić information content (AvgIpc) is 3.60. The van der Waals surface area contributed by atoms with Crippen LogP contribution in [0.4, 0.5) is 5.69 Å². The highest BCUT2D eigenvalue weighted by atomic mass is 32.1. The molecule has 39 heavy (non-hydrogen) atoms. The molecule has 0 saturated heterocycles. The third kappa shape index (κ3) is 6.35. The predicted octanol–water partition coefficient (Wildman–Crippen LogP) is 5.82. The van der Waals surface area contributed by atoms with Crippen molar-refractivity contribution in [2.75, 3.05) is 27.8 Å². The molecule has 1 aliphatic heterocycles. The van der Waals surface area contributed by atoms with E-state index in [0.29, 0.717) is 25.8 Å². The standard InChI is InChI=1S/C30H41N3O5S/c1-7-9-10-13-33(4)29(34)22-14-20(15-23(22)30(35)37-6)38-26-16-24(28-31-19(8-2)17-39-28)32-27-18(3)25(36-5)12-11-21(26)27/h11-12,17,20,22-23,26H,7-10,13-16H2,1-6H3/t20-,22?,23?,26?/m0/s1. The van der Waals surface area contributed by atoms with Crippen LogP contribution in [0.15, 0.2) is 22.5 Å². The Morgan fingerprint density at radius 1 is 1.13 bits per heavy atom. The fourth-order valence-electron chi connectivity index (χ4n) is 5.67. The smallest absolute Gasteiger partial charge is 0.309 e. The Morgan fingerprint density at radius 2 is 1.90 bits per heavy atom. The lowest BCUT2D eigenvalue weighted by atomic mass is 9.94. The van der Waals surface area contributed by atoms with E-state index in [9.17, 15) is 9.59 Å². The molecular weight excluding hydrogens is 514 g/mol. The molecule has 4 rings (SSSR count). The molecule has 9 heteroatoms. The molecule has 0 spiro atoms. The van der Waals surface area contributed by atoms with Crippen LogP contribution in [0.1, 0.15) is 80.3 Å². The number of aliphatic imine (C=N–C) groups is 1. The second kappa shape index (κ2) is 13.0. The largest absolute Gasteiger partial charge is 0.496 e. The van der Waals surface area contributed by atoms with Gasteiger partial charge in [-0.3, -0.25) is 9.59 Å². The van der Waals surface area contributed by atoms with Crippen molar-refractivity contribution in [3.8, 4) is 5.75 Å². The fourth-order valence-corrected chi connectivity index (χ4v) is 6.57. The minimum atomic E-state index is -0.513. The number of rotatable bonds is 11. The van der Waals surface area contributed by atoms with Crippen molar-refractivity contribution < 1.29 is 23.8 Å². The van der Waals surface area contributed by atoms with Gasteiger partial charge in [0.1, 0.15) is 10.8 Å². The second-order valence-corrected chi connectivity index (χ2v) is 11.4. The number of carbonyl (C=O) groups excluding carboxylic acids is 2. The fraction of sp³-hybridized carbons (Fsp3) is 0.600. The van der Waals surface area contributed by atoms with E-state index in [4.69, 9.17) is 24.2 Å². The number of thiazole rings is 1. The molecule has 0 N–H and O–H groups in total. The SMILES string of the molecule is CCCCCN(C)C(=O)C1C[C@H](OC2CC(c3nc(CC)cs3)=Nc3c2ccc(OC)c3C)CC1C(=O)OC. The Morgan fingerprint density at radius 3 is 2.56 bits per heavy atom. The van der Waals surface area contributed by atoms with E-state index in [-0.39, 0.29) is 24.1 Å².